The van der Waals surface area contributed by atoms with E-state index in [0.717, 1.165) is 71.1 Å². The van der Waals surface area contributed by atoms with Gasteiger partial charge in [-0.2, -0.15) is 9.97 Å². The molecule has 3 saturated heterocycles. The summed E-state index contributed by atoms with van der Waals surface area (Å²) in [6, 6.07) is 6.02. The van der Waals surface area contributed by atoms with Gasteiger partial charge in [-0.05, 0) is 81.1 Å². The van der Waals surface area contributed by atoms with E-state index in [1.165, 1.54) is 30.5 Å². The van der Waals surface area contributed by atoms with Crippen LogP contribution in [0.2, 0.25) is 0 Å². The number of phenols is 1. The number of piperidine rings is 1. The number of anilines is 1. The van der Waals surface area contributed by atoms with Gasteiger partial charge in [0, 0.05) is 67.3 Å². The largest absolute Gasteiger partial charge is 0.508 e. The fourth-order valence-electron chi connectivity index (χ4n) is 9.36. The van der Waals surface area contributed by atoms with Gasteiger partial charge in [0.15, 0.2) is 5.82 Å². The summed E-state index contributed by atoms with van der Waals surface area (Å²) in [6.07, 6.45) is 14.5. The Morgan fingerprint density at radius 3 is 2.76 bits per heavy atom. The monoisotopic (exact) mass is 738 g/mol. The summed E-state index contributed by atoms with van der Waals surface area (Å²) in [5.74, 6) is 2.25. The van der Waals surface area contributed by atoms with Gasteiger partial charge in [-0.15, -0.1) is 6.42 Å². The number of terminal acetylenes is 1. The number of hydrogen-bond donors (Lipinski definition) is 1. The lowest BCUT2D eigenvalue weighted by Crippen LogP contribution is -2.55. The fourth-order valence-corrected chi connectivity index (χ4v) is 9.36. The number of aromatic nitrogens is 3. The van der Waals surface area contributed by atoms with Crippen LogP contribution < -0.4 is 9.64 Å². The lowest BCUT2D eigenvalue weighted by Gasteiger charge is -2.47. The number of amides is 1. The van der Waals surface area contributed by atoms with Crippen LogP contribution in [0.1, 0.15) is 64.4 Å². The van der Waals surface area contributed by atoms with Crippen molar-refractivity contribution in [2.75, 3.05) is 64.0 Å². The summed E-state index contributed by atoms with van der Waals surface area (Å²) >= 11 is 0. The number of hydrogen-bond acceptors (Lipinski definition) is 9. The van der Waals surface area contributed by atoms with E-state index in [1.54, 1.807) is 0 Å². The molecule has 1 saturated carbocycles. The average molecular weight is 739 g/mol. The topological polar surface area (TPSA) is 104 Å². The number of nitrogens with zero attached hydrogens (tertiary/aromatic N) is 6. The first-order valence-corrected chi connectivity index (χ1v) is 19.4. The molecule has 0 spiro atoms. The highest BCUT2D eigenvalue weighted by Crippen LogP contribution is 2.48. The van der Waals surface area contributed by atoms with Crippen molar-refractivity contribution in [2.45, 2.75) is 64.8 Å². The quantitative estimate of drug-likeness (QED) is 0.192. The lowest BCUT2D eigenvalue weighted by atomic mass is 9.75. The van der Waals surface area contributed by atoms with Gasteiger partial charge in [0.05, 0.1) is 24.2 Å². The van der Waals surface area contributed by atoms with Gasteiger partial charge in [0.2, 0.25) is 5.91 Å². The number of carbonyl (C=O) groups is 1. The summed E-state index contributed by atoms with van der Waals surface area (Å²) < 4.78 is 44.3. The average Bonchev–Trinajstić information content (AvgIpc) is 3.40. The molecule has 2 atom stereocenters. The number of halogens is 2. The third-order valence-electron chi connectivity index (χ3n) is 12.1. The van der Waals surface area contributed by atoms with E-state index in [4.69, 9.17) is 25.9 Å². The zero-order valence-electron chi connectivity index (χ0n) is 31.1. The van der Waals surface area contributed by atoms with Crippen molar-refractivity contribution >= 4 is 33.4 Å². The van der Waals surface area contributed by atoms with Crippen LogP contribution in [0, 0.1) is 41.2 Å². The Bertz CT molecular complexity index is 2110. The molecule has 2 aromatic heterocycles. The minimum absolute atomic E-state index is 0.0246. The summed E-state index contributed by atoms with van der Waals surface area (Å²) in [6.45, 7) is 10.4. The van der Waals surface area contributed by atoms with Gasteiger partial charge < -0.3 is 24.4 Å². The normalized spacial score (nSPS) is 22.3. The van der Waals surface area contributed by atoms with E-state index in [9.17, 15) is 14.3 Å². The van der Waals surface area contributed by atoms with Crippen molar-refractivity contribution in [2.24, 2.45) is 17.3 Å². The number of phenolic OH excluding ortho intramolecular Hbond substituents is 1. The molecule has 12 heteroatoms. The first-order valence-electron chi connectivity index (χ1n) is 19.4. The Labute approximate surface area is 314 Å². The molecule has 4 aliphatic rings. The molecule has 8 rings (SSSR count). The van der Waals surface area contributed by atoms with Crippen molar-refractivity contribution in [1.29, 1.82) is 0 Å². The molecular weight excluding hydrogens is 690 g/mol. The van der Waals surface area contributed by atoms with Gasteiger partial charge in [-0.1, -0.05) is 32.3 Å². The Hall–Kier alpha value is -4.60. The zero-order chi connectivity index (χ0) is 37.6. The van der Waals surface area contributed by atoms with Gasteiger partial charge in [-0.25, -0.2) is 8.78 Å². The van der Waals surface area contributed by atoms with Crippen LogP contribution in [-0.2, 0) is 9.53 Å². The predicted molar refractivity (Wildman–Crippen MR) is 203 cm³/mol. The molecule has 0 radical (unpaired) electrons. The zero-order valence-corrected chi connectivity index (χ0v) is 31.1. The van der Waals surface area contributed by atoms with Crippen LogP contribution in [0.4, 0.5) is 14.6 Å². The highest BCUT2D eigenvalue weighted by molar-refractivity contribution is 6.03. The van der Waals surface area contributed by atoms with Gasteiger partial charge in [0.25, 0.3) is 0 Å². The molecule has 4 aromatic rings. The number of fused-ring (bicyclic) bond motifs is 3. The second kappa shape index (κ2) is 14.9. The third kappa shape index (κ3) is 6.70. The Balaban J connectivity index is 1.10. The van der Waals surface area contributed by atoms with E-state index in [2.05, 4.69) is 20.7 Å². The molecule has 2 unspecified atom stereocenters. The molecule has 1 aliphatic carbocycles. The Morgan fingerprint density at radius 2 is 1.94 bits per heavy atom. The minimum Gasteiger partial charge on any atom is -0.508 e. The van der Waals surface area contributed by atoms with E-state index in [1.807, 2.05) is 18.7 Å². The number of ether oxygens (including phenoxy) is 2. The third-order valence-corrected chi connectivity index (χ3v) is 12.1. The molecule has 4 fully saturated rings. The molecule has 3 aliphatic heterocycles. The van der Waals surface area contributed by atoms with Crippen LogP contribution in [0.3, 0.4) is 0 Å². The van der Waals surface area contributed by atoms with Crippen molar-refractivity contribution in [3.63, 3.8) is 0 Å². The first kappa shape index (κ1) is 36.4. The van der Waals surface area contributed by atoms with E-state index in [-0.39, 0.29) is 56.7 Å². The second-order valence-electron chi connectivity index (χ2n) is 15.9. The molecule has 54 heavy (non-hydrogen) atoms. The van der Waals surface area contributed by atoms with E-state index < -0.39 is 11.6 Å². The number of likely N-dealkylation sites (tertiary alicyclic amines) is 2. The maximum Gasteiger partial charge on any atom is 0.319 e. The predicted octanol–water partition coefficient (Wildman–Crippen LogP) is 6.55. The smallest absolute Gasteiger partial charge is 0.319 e. The van der Waals surface area contributed by atoms with Gasteiger partial charge in [0.1, 0.15) is 28.6 Å². The SMILES string of the molecule is C#Cc1c(F)ccc2cc(O)cc(-c3ncc4c(N5CCCOCC5)nc(OCC56CCCC5N(CCC5CN(C(=O)C(C)C)C5)CCC6)nc4c3F)c12. The molecule has 10 nitrogen and oxygen atoms in total. The lowest BCUT2D eigenvalue weighted by molar-refractivity contribution is -0.141. The van der Waals surface area contributed by atoms with Crippen LogP contribution in [0.15, 0.2) is 30.5 Å². The van der Waals surface area contributed by atoms with Crippen molar-refractivity contribution in [3.8, 4) is 35.4 Å². The standard InChI is InChI=1S/C42H48F2N6O4/c1-4-30-33(43)10-9-28-20-29(51)21-31(35(28)30)37-36(44)38-32(22-45-37)39(49-15-7-18-53-19-17-49)47-41(46-38)54-25-42-12-5-8-34(42)48(14-6-13-42)16-11-27-23-50(24-27)40(52)26(2)3/h1,9-10,20-22,26-27,34,51H,5-8,11-19,23-25H2,2-3H3. The highest BCUT2D eigenvalue weighted by Gasteiger charge is 2.48. The summed E-state index contributed by atoms with van der Waals surface area (Å²) in [5, 5.41) is 11.8. The fraction of sp³-hybridized carbons (Fsp3) is 0.524. The van der Waals surface area contributed by atoms with Crippen molar-refractivity contribution in [1.82, 2.24) is 24.8 Å². The molecule has 1 amide bonds. The summed E-state index contributed by atoms with van der Waals surface area (Å²) in [4.78, 5) is 33.2. The van der Waals surface area contributed by atoms with Gasteiger partial charge >= 0.3 is 6.01 Å². The Kier molecular flexibility index (Phi) is 10.0. The molecule has 1 N–H and O–H groups in total. The summed E-state index contributed by atoms with van der Waals surface area (Å²) in [5.41, 5.74) is -0.0235. The Morgan fingerprint density at radius 1 is 1.11 bits per heavy atom. The van der Waals surface area contributed by atoms with Crippen molar-refractivity contribution < 1.29 is 28.2 Å². The molecule has 284 valence electrons. The molecule has 2 aromatic carbocycles. The highest BCUT2D eigenvalue weighted by atomic mass is 19.1. The summed E-state index contributed by atoms with van der Waals surface area (Å²) in [7, 11) is 0. The first-order chi connectivity index (χ1) is 26.2. The second-order valence-corrected chi connectivity index (χ2v) is 15.9. The number of carbonyl (C=O) groups excluding carboxylic acids is 1. The maximum atomic E-state index is 17.0. The van der Waals surface area contributed by atoms with Crippen LogP contribution in [0.25, 0.3) is 32.9 Å². The molecule has 5 heterocycles. The van der Waals surface area contributed by atoms with Crippen LogP contribution in [-0.4, -0.2) is 101 Å². The van der Waals surface area contributed by atoms with E-state index in [0.29, 0.717) is 61.5 Å². The van der Waals surface area contributed by atoms with Gasteiger partial charge in [-0.3, -0.25) is 14.7 Å². The van der Waals surface area contributed by atoms with Crippen LogP contribution >= 0.6 is 0 Å². The van der Waals surface area contributed by atoms with E-state index >= 15 is 4.39 Å². The molecule has 0 bridgehead atoms. The number of rotatable bonds is 9. The number of aromatic hydroxyl groups is 1. The van der Waals surface area contributed by atoms with Crippen LogP contribution in [0.5, 0.6) is 11.8 Å². The maximum absolute atomic E-state index is 17.0. The number of benzene rings is 2. The minimum atomic E-state index is -0.739. The molecular formula is C42H48F2N6O4. The van der Waals surface area contributed by atoms with Crippen molar-refractivity contribution in [3.05, 3.63) is 47.7 Å². The number of pyridine rings is 1.